The SMILES string of the molecule is CC(C)COC(=O)N(C)C1CC2CCC(C1)N2. The average Bonchev–Trinajstić information content (AvgIpc) is 2.64. The van der Waals surface area contributed by atoms with Gasteiger partial charge in [-0.3, -0.25) is 0 Å². The van der Waals surface area contributed by atoms with Crippen LogP contribution in [-0.4, -0.2) is 42.8 Å². The smallest absolute Gasteiger partial charge is 0.409 e. The van der Waals surface area contributed by atoms with Crippen molar-refractivity contribution in [2.45, 2.75) is 57.7 Å². The summed E-state index contributed by atoms with van der Waals surface area (Å²) in [6, 6.07) is 1.58. The van der Waals surface area contributed by atoms with Gasteiger partial charge < -0.3 is 15.0 Å². The van der Waals surface area contributed by atoms with E-state index in [1.165, 1.54) is 12.8 Å². The lowest BCUT2D eigenvalue weighted by atomic mass is 9.99. The van der Waals surface area contributed by atoms with E-state index in [0.29, 0.717) is 30.7 Å². The van der Waals surface area contributed by atoms with Crippen molar-refractivity contribution in [2.75, 3.05) is 13.7 Å². The number of nitrogens with zero attached hydrogens (tertiary/aromatic N) is 1. The summed E-state index contributed by atoms with van der Waals surface area (Å²) in [5.41, 5.74) is 0. The first-order valence-corrected chi connectivity index (χ1v) is 6.72. The molecule has 17 heavy (non-hydrogen) atoms. The Balaban J connectivity index is 1.82. The Morgan fingerprint density at radius 3 is 2.47 bits per heavy atom. The summed E-state index contributed by atoms with van der Waals surface area (Å²) in [6.45, 7) is 4.62. The number of rotatable bonds is 3. The fourth-order valence-electron chi connectivity index (χ4n) is 2.83. The first-order valence-electron chi connectivity index (χ1n) is 6.72. The Labute approximate surface area is 104 Å². The highest BCUT2D eigenvalue weighted by molar-refractivity contribution is 5.67. The maximum Gasteiger partial charge on any atom is 0.409 e. The van der Waals surface area contributed by atoms with Crippen LogP contribution in [0.2, 0.25) is 0 Å². The predicted molar refractivity (Wildman–Crippen MR) is 66.9 cm³/mol. The van der Waals surface area contributed by atoms with E-state index < -0.39 is 0 Å². The second-order valence-corrected chi connectivity index (χ2v) is 5.84. The van der Waals surface area contributed by atoms with Crippen molar-refractivity contribution in [1.29, 1.82) is 0 Å². The maximum absolute atomic E-state index is 11.9. The fourth-order valence-corrected chi connectivity index (χ4v) is 2.83. The predicted octanol–water partition coefficient (Wildman–Crippen LogP) is 1.99. The molecule has 0 aliphatic carbocycles. The minimum atomic E-state index is -0.162. The topological polar surface area (TPSA) is 41.6 Å². The summed E-state index contributed by atoms with van der Waals surface area (Å²) in [5, 5.41) is 3.59. The van der Waals surface area contributed by atoms with E-state index in [2.05, 4.69) is 19.2 Å². The van der Waals surface area contributed by atoms with Crippen LogP contribution >= 0.6 is 0 Å². The number of fused-ring (bicyclic) bond motifs is 2. The molecule has 1 amide bonds. The summed E-state index contributed by atoms with van der Waals surface area (Å²) in [4.78, 5) is 13.7. The number of hydrogen-bond acceptors (Lipinski definition) is 3. The summed E-state index contributed by atoms with van der Waals surface area (Å²) < 4.78 is 5.28. The van der Waals surface area contributed by atoms with Crippen molar-refractivity contribution in [3.63, 3.8) is 0 Å². The number of carbonyl (C=O) groups is 1. The lowest BCUT2D eigenvalue weighted by molar-refractivity contribution is 0.0773. The van der Waals surface area contributed by atoms with Crippen LogP contribution in [0.3, 0.4) is 0 Å². The van der Waals surface area contributed by atoms with Crippen molar-refractivity contribution in [3.8, 4) is 0 Å². The van der Waals surface area contributed by atoms with Gasteiger partial charge in [0.15, 0.2) is 0 Å². The lowest BCUT2D eigenvalue weighted by Crippen LogP contribution is -2.49. The number of nitrogens with one attached hydrogen (secondary N) is 1. The Hall–Kier alpha value is -0.770. The van der Waals surface area contributed by atoms with E-state index >= 15 is 0 Å². The molecule has 0 radical (unpaired) electrons. The monoisotopic (exact) mass is 240 g/mol. The number of carbonyl (C=O) groups excluding carboxylic acids is 1. The first-order chi connectivity index (χ1) is 8.06. The number of hydrogen-bond donors (Lipinski definition) is 1. The largest absolute Gasteiger partial charge is 0.449 e. The summed E-state index contributed by atoms with van der Waals surface area (Å²) >= 11 is 0. The second kappa shape index (κ2) is 5.25. The van der Waals surface area contributed by atoms with Gasteiger partial charge in [0.25, 0.3) is 0 Å². The number of amides is 1. The number of piperidine rings is 1. The molecule has 2 rings (SSSR count). The van der Waals surface area contributed by atoms with Crippen LogP contribution in [0.4, 0.5) is 4.79 Å². The molecule has 0 saturated carbocycles. The Morgan fingerprint density at radius 1 is 1.35 bits per heavy atom. The van der Waals surface area contributed by atoms with Crippen LogP contribution in [0.5, 0.6) is 0 Å². The van der Waals surface area contributed by atoms with Crippen LogP contribution in [0.1, 0.15) is 39.5 Å². The molecule has 0 aromatic carbocycles. The molecule has 2 atom stereocenters. The van der Waals surface area contributed by atoms with Crippen molar-refractivity contribution in [2.24, 2.45) is 5.92 Å². The molecule has 2 fully saturated rings. The van der Waals surface area contributed by atoms with Gasteiger partial charge in [0.2, 0.25) is 0 Å². The summed E-state index contributed by atoms with van der Waals surface area (Å²) in [7, 11) is 1.87. The molecule has 0 spiro atoms. The minimum absolute atomic E-state index is 0.162. The van der Waals surface area contributed by atoms with Crippen LogP contribution in [0, 0.1) is 5.92 Å². The van der Waals surface area contributed by atoms with Gasteiger partial charge in [-0.2, -0.15) is 0 Å². The molecule has 2 bridgehead atoms. The van der Waals surface area contributed by atoms with Gasteiger partial charge in [-0.05, 0) is 31.6 Å². The molecule has 1 N–H and O–H groups in total. The quantitative estimate of drug-likeness (QED) is 0.820. The molecule has 4 nitrogen and oxygen atoms in total. The molecule has 2 aliphatic heterocycles. The molecule has 2 saturated heterocycles. The van der Waals surface area contributed by atoms with Crippen molar-refractivity contribution in [1.82, 2.24) is 10.2 Å². The standard InChI is InChI=1S/C13H24N2O2/c1-9(2)8-17-13(16)15(3)12-6-10-4-5-11(7-12)14-10/h9-12,14H,4-8H2,1-3H3. The minimum Gasteiger partial charge on any atom is -0.449 e. The van der Waals surface area contributed by atoms with E-state index in [1.54, 1.807) is 4.90 Å². The third-order valence-corrected chi connectivity index (χ3v) is 3.82. The molecule has 2 heterocycles. The van der Waals surface area contributed by atoms with Gasteiger partial charge >= 0.3 is 6.09 Å². The zero-order valence-electron chi connectivity index (χ0n) is 11.1. The molecule has 2 aliphatic rings. The Morgan fingerprint density at radius 2 is 1.94 bits per heavy atom. The van der Waals surface area contributed by atoms with Gasteiger partial charge in [0.1, 0.15) is 0 Å². The van der Waals surface area contributed by atoms with Gasteiger partial charge in [0.05, 0.1) is 6.61 Å². The van der Waals surface area contributed by atoms with Crippen molar-refractivity contribution >= 4 is 6.09 Å². The fraction of sp³-hybridized carbons (Fsp3) is 0.923. The highest BCUT2D eigenvalue weighted by atomic mass is 16.6. The van der Waals surface area contributed by atoms with Gasteiger partial charge in [-0.1, -0.05) is 13.8 Å². The summed E-state index contributed by atoms with van der Waals surface area (Å²) in [6.07, 6.45) is 4.50. The van der Waals surface area contributed by atoms with E-state index in [1.807, 2.05) is 7.05 Å². The third kappa shape index (κ3) is 3.12. The van der Waals surface area contributed by atoms with E-state index in [-0.39, 0.29) is 6.09 Å². The average molecular weight is 240 g/mol. The van der Waals surface area contributed by atoms with Crippen molar-refractivity contribution in [3.05, 3.63) is 0 Å². The van der Waals surface area contributed by atoms with Gasteiger partial charge in [-0.15, -0.1) is 0 Å². The first kappa shape index (κ1) is 12.7. The van der Waals surface area contributed by atoms with Crippen molar-refractivity contribution < 1.29 is 9.53 Å². The van der Waals surface area contributed by atoms with Crippen LogP contribution in [0.15, 0.2) is 0 Å². The molecular formula is C13H24N2O2. The maximum atomic E-state index is 11.9. The molecule has 98 valence electrons. The van der Waals surface area contributed by atoms with Crippen LogP contribution in [-0.2, 0) is 4.74 Å². The summed E-state index contributed by atoms with van der Waals surface area (Å²) in [5.74, 6) is 0.400. The second-order valence-electron chi connectivity index (χ2n) is 5.84. The molecule has 2 unspecified atom stereocenters. The molecular weight excluding hydrogens is 216 g/mol. The highest BCUT2D eigenvalue weighted by Crippen LogP contribution is 2.29. The molecule has 0 aromatic heterocycles. The lowest BCUT2D eigenvalue weighted by Gasteiger charge is -2.35. The van der Waals surface area contributed by atoms with E-state index in [4.69, 9.17) is 4.74 Å². The van der Waals surface area contributed by atoms with Gasteiger partial charge in [0, 0.05) is 25.2 Å². The number of ether oxygens (including phenoxy) is 1. The zero-order valence-corrected chi connectivity index (χ0v) is 11.1. The molecule has 4 heteroatoms. The van der Waals surface area contributed by atoms with E-state index in [0.717, 1.165) is 12.8 Å². The zero-order chi connectivity index (χ0) is 12.4. The van der Waals surface area contributed by atoms with Gasteiger partial charge in [-0.25, -0.2) is 4.79 Å². The third-order valence-electron chi connectivity index (χ3n) is 3.82. The van der Waals surface area contributed by atoms with Crippen LogP contribution in [0.25, 0.3) is 0 Å². The highest BCUT2D eigenvalue weighted by Gasteiger charge is 2.36. The van der Waals surface area contributed by atoms with Crippen LogP contribution < -0.4 is 5.32 Å². The Bertz CT molecular complexity index is 269. The van der Waals surface area contributed by atoms with E-state index in [9.17, 15) is 4.79 Å². The Kier molecular flexibility index (Phi) is 3.92. The molecule has 0 aromatic rings. The normalized spacial score (nSPS) is 31.6.